The number of carbonyl (C=O) groups is 1. The number of aromatic nitrogens is 4. The largest absolute Gasteiger partial charge is 0.476 e. The average molecular weight is 357 g/mol. The van der Waals surface area contributed by atoms with Gasteiger partial charge in [-0.15, -0.1) is 0 Å². The highest BCUT2D eigenvalue weighted by atomic mass is 16.4. The first-order chi connectivity index (χ1) is 12.7. The molecule has 2 aliphatic rings. The lowest BCUT2D eigenvalue weighted by Gasteiger charge is -2.24. The van der Waals surface area contributed by atoms with Crippen molar-refractivity contribution in [2.45, 2.75) is 77.4 Å². The van der Waals surface area contributed by atoms with E-state index in [1.165, 1.54) is 30.5 Å². The highest BCUT2D eigenvalue weighted by molar-refractivity contribution is 5.87. The van der Waals surface area contributed by atoms with Crippen molar-refractivity contribution >= 4 is 5.97 Å². The first kappa shape index (κ1) is 17.3. The Kier molecular flexibility index (Phi) is 4.80. The van der Waals surface area contributed by atoms with Gasteiger partial charge in [-0.25, -0.2) is 4.79 Å². The van der Waals surface area contributed by atoms with Gasteiger partial charge in [0.15, 0.2) is 5.69 Å². The number of nitrogens with zero attached hydrogens (tertiary/aromatic N) is 3. The standard InChI is InChI=1S/C19H27N5O2/c1-2-24-17-9-8-12(10-14(17)18(23-24)19(25)26)20-11-16-13-6-4-3-5-7-15(13)21-22-16/h12,20H,2-11H2,1H3,(H,21,22)(H,25,26)/t12-/m0/s1. The van der Waals surface area contributed by atoms with Crippen molar-refractivity contribution in [3.63, 3.8) is 0 Å². The van der Waals surface area contributed by atoms with Gasteiger partial charge >= 0.3 is 5.97 Å². The lowest BCUT2D eigenvalue weighted by molar-refractivity contribution is 0.0688. The van der Waals surface area contributed by atoms with Crippen LogP contribution in [0.5, 0.6) is 0 Å². The zero-order chi connectivity index (χ0) is 18.1. The number of aromatic amines is 1. The fourth-order valence-electron chi connectivity index (χ4n) is 4.41. The number of aromatic carboxylic acids is 1. The molecule has 0 radical (unpaired) electrons. The second kappa shape index (κ2) is 7.23. The van der Waals surface area contributed by atoms with E-state index >= 15 is 0 Å². The lowest BCUT2D eigenvalue weighted by Crippen LogP contribution is -2.35. The maximum atomic E-state index is 11.5. The summed E-state index contributed by atoms with van der Waals surface area (Å²) in [6.07, 6.45) is 8.60. The molecule has 1 atom stereocenters. The fraction of sp³-hybridized carbons (Fsp3) is 0.632. The molecular formula is C19H27N5O2. The number of fused-ring (bicyclic) bond motifs is 2. The number of carboxylic acid groups (broad SMARTS) is 1. The van der Waals surface area contributed by atoms with E-state index in [0.29, 0.717) is 6.54 Å². The van der Waals surface area contributed by atoms with E-state index in [2.05, 4.69) is 20.6 Å². The zero-order valence-electron chi connectivity index (χ0n) is 15.3. The Morgan fingerprint density at radius 2 is 2.12 bits per heavy atom. The van der Waals surface area contributed by atoms with Crippen LogP contribution < -0.4 is 5.32 Å². The number of rotatable bonds is 5. The minimum absolute atomic E-state index is 0.224. The monoisotopic (exact) mass is 357 g/mol. The third kappa shape index (κ3) is 3.16. The highest BCUT2D eigenvalue weighted by Crippen LogP contribution is 2.26. The van der Waals surface area contributed by atoms with Gasteiger partial charge in [0.1, 0.15) is 0 Å². The minimum atomic E-state index is -0.924. The Labute approximate surface area is 153 Å². The van der Waals surface area contributed by atoms with Crippen molar-refractivity contribution in [2.75, 3.05) is 0 Å². The number of hydrogen-bond acceptors (Lipinski definition) is 4. The van der Waals surface area contributed by atoms with Crippen LogP contribution in [0.2, 0.25) is 0 Å². The summed E-state index contributed by atoms with van der Waals surface area (Å²) in [5, 5.41) is 25.1. The third-order valence-electron chi connectivity index (χ3n) is 5.80. The van der Waals surface area contributed by atoms with Gasteiger partial charge in [0.2, 0.25) is 0 Å². The first-order valence-electron chi connectivity index (χ1n) is 9.77. The van der Waals surface area contributed by atoms with E-state index in [4.69, 9.17) is 0 Å². The van der Waals surface area contributed by atoms with Gasteiger partial charge in [-0.2, -0.15) is 10.2 Å². The van der Waals surface area contributed by atoms with E-state index in [-0.39, 0.29) is 11.7 Å². The fourth-order valence-corrected chi connectivity index (χ4v) is 4.41. The highest BCUT2D eigenvalue weighted by Gasteiger charge is 2.28. The zero-order valence-corrected chi connectivity index (χ0v) is 15.3. The molecule has 0 amide bonds. The van der Waals surface area contributed by atoms with Crippen molar-refractivity contribution < 1.29 is 9.90 Å². The molecule has 3 N–H and O–H groups in total. The van der Waals surface area contributed by atoms with Crippen LogP contribution in [0.25, 0.3) is 0 Å². The smallest absolute Gasteiger partial charge is 0.356 e. The Balaban J connectivity index is 1.46. The first-order valence-corrected chi connectivity index (χ1v) is 9.77. The van der Waals surface area contributed by atoms with Crippen LogP contribution in [0.15, 0.2) is 0 Å². The molecule has 26 heavy (non-hydrogen) atoms. The van der Waals surface area contributed by atoms with Crippen LogP contribution in [0, 0.1) is 0 Å². The Morgan fingerprint density at radius 3 is 2.92 bits per heavy atom. The molecule has 7 nitrogen and oxygen atoms in total. The molecule has 0 saturated carbocycles. The van der Waals surface area contributed by atoms with E-state index in [1.54, 1.807) is 0 Å². The molecule has 0 aliphatic heterocycles. The molecule has 0 bridgehead atoms. The van der Waals surface area contributed by atoms with Crippen molar-refractivity contribution in [3.8, 4) is 0 Å². The van der Waals surface area contributed by atoms with Gasteiger partial charge in [0.25, 0.3) is 0 Å². The summed E-state index contributed by atoms with van der Waals surface area (Å²) in [7, 11) is 0. The van der Waals surface area contributed by atoms with Crippen LogP contribution in [0.4, 0.5) is 0 Å². The van der Waals surface area contributed by atoms with Crippen molar-refractivity contribution in [1.29, 1.82) is 0 Å². The number of hydrogen-bond donors (Lipinski definition) is 3. The summed E-state index contributed by atoms with van der Waals surface area (Å²) in [6.45, 7) is 3.47. The Bertz CT molecular complexity index is 807. The molecule has 0 saturated heterocycles. The maximum absolute atomic E-state index is 11.5. The predicted molar refractivity (Wildman–Crippen MR) is 97.4 cm³/mol. The summed E-state index contributed by atoms with van der Waals surface area (Å²) in [4.78, 5) is 11.5. The van der Waals surface area contributed by atoms with Crippen LogP contribution >= 0.6 is 0 Å². The van der Waals surface area contributed by atoms with Crippen molar-refractivity contribution in [1.82, 2.24) is 25.3 Å². The summed E-state index contributed by atoms with van der Waals surface area (Å²) >= 11 is 0. The molecule has 0 spiro atoms. The number of H-pyrrole nitrogens is 1. The Hall–Kier alpha value is -2.15. The molecule has 4 rings (SSSR count). The molecule has 2 aromatic rings. The van der Waals surface area contributed by atoms with E-state index in [9.17, 15) is 9.90 Å². The topological polar surface area (TPSA) is 95.8 Å². The average Bonchev–Trinajstić information content (AvgIpc) is 3.12. The second-order valence-corrected chi connectivity index (χ2v) is 7.40. The molecule has 7 heteroatoms. The van der Waals surface area contributed by atoms with Gasteiger partial charge in [-0.05, 0) is 57.4 Å². The SMILES string of the molecule is CCn1nc(C(=O)O)c2c1CC[C@H](NCc1n[nH]c3c1CCCCC3)C2. The summed E-state index contributed by atoms with van der Waals surface area (Å²) < 4.78 is 1.85. The third-order valence-corrected chi connectivity index (χ3v) is 5.80. The number of nitrogens with one attached hydrogen (secondary N) is 2. The Morgan fingerprint density at radius 1 is 1.27 bits per heavy atom. The van der Waals surface area contributed by atoms with Gasteiger partial charge in [0, 0.05) is 36.1 Å². The molecule has 0 aromatic carbocycles. The van der Waals surface area contributed by atoms with E-state index < -0.39 is 5.97 Å². The molecular weight excluding hydrogens is 330 g/mol. The predicted octanol–water partition coefficient (Wildman–Crippen LogP) is 2.24. The molecule has 2 aliphatic carbocycles. The van der Waals surface area contributed by atoms with Crippen LogP contribution in [-0.4, -0.2) is 37.1 Å². The molecule has 2 aromatic heterocycles. The molecule has 0 unspecified atom stereocenters. The number of aryl methyl sites for hydroxylation is 2. The summed E-state index contributed by atoms with van der Waals surface area (Å²) in [5.41, 5.74) is 6.07. The number of carboxylic acids is 1. The van der Waals surface area contributed by atoms with Gasteiger partial charge < -0.3 is 10.4 Å². The summed E-state index contributed by atoms with van der Waals surface area (Å²) in [5.74, 6) is -0.924. The van der Waals surface area contributed by atoms with Crippen LogP contribution in [0.1, 0.15) is 71.3 Å². The summed E-state index contributed by atoms with van der Waals surface area (Å²) in [6, 6.07) is 0.272. The van der Waals surface area contributed by atoms with E-state index in [1.807, 2.05) is 11.6 Å². The van der Waals surface area contributed by atoms with Gasteiger partial charge in [-0.1, -0.05) is 6.42 Å². The second-order valence-electron chi connectivity index (χ2n) is 7.40. The normalized spacial score (nSPS) is 19.7. The van der Waals surface area contributed by atoms with Crippen molar-refractivity contribution in [2.24, 2.45) is 0 Å². The van der Waals surface area contributed by atoms with Gasteiger partial charge in [0.05, 0.1) is 5.69 Å². The van der Waals surface area contributed by atoms with Gasteiger partial charge in [-0.3, -0.25) is 9.78 Å². The van der Waals surface area contributed by atoms with Crippen LogP contribution in [-0.2, 0) is 38.8 Å². The molecule has 2 heterocycles. The van der Waals surface area contributed by atoms with Crippen molar-refractivity contribution in [3.05, 3.63) is 33.9 Å². The molecule has 140 valence electrons. The van der Waals surface area contributed by atoms with Crippen LogP contribution in [0.3, 0.4) is 0 Å². The quantitative estimate of drug-likeness (QED) is 0.713. The minimum Gasteiger partial charge on any atom is -0.476 e. The maximum Gasteiger partial charge on any atom is 0.356 e. The molecule has 0 fully saturated rings. The lowest BCUT2D eigenvalue weighted by atomic mass is 9.91. The van der Waals surface area contributed by atoms with E-state index in [0.717, 1.165) is 55.6 Å².